The molecule has 3 aliphatic rings. The van der Waals surface area contributed by atoms with Gasteiger partial charge >= 0.3 is 0 Å². The molecule has 2 heterocycles. The van der Waals surface area contributed by atoms with Crippen LogP contribution in [-0.4, -0.2) is 89.8 Å². The molecule has 1 aliphatic carbocycles. The highest BCUT2D eigenvalue weighted by Gasteiger charge is 2.34. The molecule has 3 rings (SSSR count). The van der Waals surface area contributed by atoms with E-state index < -0.39 is 0 Å². The Morgan fingerprint density at radius 1 is 1.17 bits per heavy atom. The predicted octanol–water partition coefficient (Wildman–Crippen LogP) is 2.49. The van der Waals surface area contributed by atoms with Gasteiger partial charge in [-0.3, -0.25) is 9.89 Å². The third-order valence-electron chi connectivity index (χ3n) is 6.92. The van der Waals surface area contributed by atoms with Crippen LogP contribution in [0.4, 0.5) is 0 Å². The van der Waals surface area contributed by atoms with Crippen LogP contribution < -0.4 is 10.6 Å². The molecule has 0 aromatic rings. The van der Waals surface area contributed by atoms with Gasteiger partial charge in [0, 0.05) is 65.0 Å². The van der Waals surface area contributed by atoms with Crippen LogP contribution in [0.1, 0.15) is 45.4 Å². The van der Waals surface area contributed by atoms with E-state index in [-0.39, 0.29) is 24.0 Å². The molecule has 2 N–H and O–H groups in total. The summed E-state index contributed by atoms with van der Waals surface area (Å²) in [6.45, 7) is 11.1. The van der Waals surface area contributed by atoms with Crippen LogP contribution in [0.5, 0.6) is 0 Å². The van der Waals surface area contributed by atoms with E-state index in [1.165, 1.54) is 25.7 Å². The van der Waals surface area contributed by atoms with Gasteiger partial charge in [-0.15, -0.1) is 24.0 Å². The summed E-state index contributed by atoms with van der Waals surface area (Å²) >= 11 is 0. The number of guanidine groups is 1. The molecule has 1 saturated carbocycles. The molecule has 0 aromatic carbocycles. The second kappa shape index (κ2) is 14.1. The highest BCUT2D eigenvalue weighted by molar-refractivity contribution is 14.0. The Kier molecular flexibility index (Phi) is 12.2. The van der Waals surface area contributed by atoms with E-state index in [0.717, 1.165) is 84.6 Å². The second-order valence-electron chi connectivity index (χ2n) is 8.87. The first-order valence-electron chi connectivity index (χ1n) is 11.7. The fourth-order valence-electron chi connectivity index (χ4n) is 5.08. The normalized spacial score (nSPS) is 25.7. The lowest BCUT2D eigenvalue weighted by molar-refractivity contribution is 0.00246. The maximum atomic E-state index is 5.71. The summed E-state index contributed by atoms with van der Waals surface area (Å²) in [4.78, 5) is 7.61. The van der Waals surface area contributed by atoms with Crippen molar-refractivity contribution in [1.82, 2.24) is 15.5 Å². The molecule has 2 aliphatic heterocycles. The molecule has 0 bridgehead atoms. The zero-order valence-electron chi connectivity index (χ0n) is 19.0. The molecule has 8 heteroatoms. The van der Waals surface area contributed by atoms with Gasteiger partial charge in [-0.2, -0.15) is 0 Å². The number of morpholine rings is 1. The maximum absolute atomic E-state index is 5.71. The van der Waals surface area contributed by atoms with Gasteiger partial charge < -0.3 is 24.8 Å². The van der Waals surface area contributed by atoms with E-state index >= 15 is 0 Å². The fourth-order valence-corrected chi connectivity index (χ4v) is 5.08. The highest BCUT2D eigenvalue weighted by atomic mass is 127. The van der Waals surface area contributed by atoms with Gasteiger partial charge in [0.1, 0.15) is 0 Å². The van der Waals surface area contributed by atoms with Gasteiger partial charge in [0.25, 0.3) is 0 Å². The quantitative estimate of drug-likeness (QED) is 0.253. The first kappa shape index (κ1) is 26.1. The van der Waals surface area contributed by atoms with Crippen molar-refractivity contribution in [2.45, 2.75) is 51.5 Å². The molecule has 0 aromatic heterocycles. The Morgan fingerprint density at radius 3 is 2.57 bits per heavy atom. The zero-order valence-corrected chi connectivity index (χ0v) is 21.3. The number of aliphatic imine (C=N–C) groups is 1. The summed E-state index contributed by atoms with van der Waals surface area (Å²) in [5, 5.41) is 7.12. The predicted molar refractivity (Wildman–Crippen MR) is 132 cm³/mol. The van der Waals surface area contributed by atoms with Crippen molar-refractivity contribution in [2.24, 2.45) is 16.3 Å². The number of halogens is 1. The summed E-state index contributed by atoms with van der Waals surface area (Å²) in [6, 6.07) is 0.471. The third kappa shape index (κ3) is 7.76. The molecule has 0 amide bonds. The van der Waals surface area contributed by atoms with E-state index in [1.54, 1.807) is 7.11 Å². The topological polar surface area (TPSA) is 67.4 Å². The molecule has 0 radical (unpaired) electrons. The van der Waals surface area contributed by atoms with E-state index in [1.807, 2.05) is 0 Å². The van der Waals surface area contributed by atoms with Gasteiger partial charge in [-0.1, -0.05) is 12.8 Å². The number of hydrogen-bond donors (Lipinski definition) is 2. The van der Waals surface area contributed by atoms with Crippen molar-refractivity contribution >= 4 is 29.9 Å². The number of hydrogen-bond acceptors (Lipinski definition) is 5. The number of nitrogens with one attached hydrogen (secondary N) is 2. The van der Waals surface area contributed by atoms with Crippen LogP contribution in [0.25, 0.3) is 0 Å². The lowest BCUT2D eigenvalue weighted by atomic mass is 9.83. The lowest BCUT2D eigenvalue weighted by Gasteiger charge is -2.37. The molecule has 3 fully saturated rings. The van der Waals surface area contributed by atoms with Crippen molar-refractivity contribution < 1.29 is 14.2 Å². The summed E-state index contributed by atoms with van der Waals surface area (Å²) < 4.78 is 16.7. The Labute approximate surface area is 200 Å². The van der Waals surface area contributed by atoms with E-state index in [4.69, 9.17) is 19.2 Å². The Bertz CT molecular complexity index is 491. The van der Waals surface area contributed by atoms with Gasteiger partial charge in [0.2, 0.25) is 0 Å². The monoisotopic (exact) mass is 538 g/mol. The molecular formula is C22H43IN4O3. The Hall–Kier alpha value is -0.160. The first-order chi connectivity index (χ1) is 14.3. The van der Waals surface area contributed by atoms with Crippen molar-refractivity contribution in [3.63, 3.8) is 0 Å². The molecule has 2 atom stereocenters. The van der Waals surface area contributed by atoms with Crippen LogP contribution in [0.2, 0.25) is 0 Å². The summed E-state index contributed by atoms with van der Waals surface area (Å²) in [7, 11) is 1.80. The van der Waals surface area contributed by atoms with Crippen molar-refractivity contribution in [2.75, 3.05) is 72.9 Å². The molecule has 30 heavy (non-hydrogen) atoms. The van der Waals surface area contributed by atoms with Crippen molar-refractivity contribution in [3.05, 3.63) is 0 Å². The number of nitrogens with zero attached hydrogens (tertiary/aromatic N) is 2. The number of methoxy groups -OCH3 is 1. The average Bonchev–Trinajstić information content (AvgIpc) is 3.44. The van der Waals surface area contributed by atoms with E-state index in [2.05, 4.69) is 22.5 Å². The van der Waals surface area contributed by atoms with Crippen LogP contribution in [-0.2, 0) is 14.2 Å². The molecule has 0 spiro atoms. The third-order valence-corrected chi connectivity index (χ3v) is 6.92. The average molecular weight is 539 g/mol. The standard InChI is InChI=1S/C22H42N4O3.HI/c1-3-23-21(25-18-22(9-13-27-2)7-4-5-8-22)24-16-20(19-6-12-29-17-19)26-10-14-28-15-11-26;/h19-20H,3-18H2,1-2H3,(H2,23,24,25);1H. The van der Waals surface area contributed by atoms with Crippen molar-refractivity contribution in [1.29, 1.82) is 0 Å². The Balaban J connectivity index is 0.00000320. The van der Waals surface area contributed by atoms with Crippen LogP contribution >= 0.6 is 24.0 Å². The molecule has 2 unspecified atom stereocenters. The summed E-state index contributed by atoms with van der Waals surface area (Å²) in [5.74, 6) is 1.54. The van der Waals surface area contributed by atoms with E-state index in [9.17, 15) is 0 Å². The minimum Gasteiger partial charge on any atom is -0.385 e. The van der Waals surface area contributed by atoms with Crippen molar-refractivity contribution in [3.8, 4) is 0 Å². The van der Waals surface area contributed by atoms with Crippen LogP contribution in [0.15, 0.2) is 4.99 Å². The second-order valence-corrected chi connectivity index (χ2v) is 8.87. The number of ether oxygens (including phenoxy) is 3. The largest absolute Gasteiger partial charge is 0.385 e. The smallest absolute Gasteiger partial charge is 0.191 e. The molecule has 7 nitrogen and oxygen atoms in total. The van der Waals surface area contributed by atoms with Crippen LogP contribution in [0.3, 0.4) is 0 Å². The maximum Gasteiger partial charge on any atom is 0.191 e. The van der Waals surface area contributed by atoms with Gasteiger partial charge in [0.15, 0.2) is 5.96 Å². The molecule has 176 valence electrons. The van der Waals surface area contributed by atoms with Gasteiger partial charge in [-0.05, 0) is 38.0 Å². The minimum absolute atomic E-state index is 0. The fraction of sp³-hybridized carbons (Fsp3) is 0.955. The van der Waals surface area contributed by atoms with Gasteiger partial charge in [0.05, 0.1) is 19.8 Å². The Morgan fingerprint density at radius 2 is 1.93 bits per heavy atom. The SMILES string of the molecule is CCNC(=NCC1(CCOC)CCCC1)NCC(C1CCOC1)N1CCOCC1.I. The molecule has 2 saturated heterocycles. The van der Waals surface area contributed by atoms with Crippen LogP contribution in [0, 0.1) is 11.3 Å². The highest BCUT2D eigenvalue weighted by Crippen LogP contribution is 2.41. The van der Waals surface area contributed by atoms with Gasteiger partial charge in [-0.25, -0.2) is 0 Å². The first-order valence-corrected chi connectivity index (χ1v) is 11.7. The lowest BCUT2D eigenvalue weighted by Crippen LogP contribution is -2.53. The number of rotatable bonds is 10. The van der Waals surface area contributed by atoms with E-state index in [0.29, 0.717) is 17.4 Å². The zero-order chi connectivity index (χ0) is 20.4. The summed E-state index contributed by atoms with van der Waals surface area (Å²) in [6.07, 6.45) is 7.46. The minimum atomic E-state index is 0. The summed E-state index contributed by atoms with van der Waals surface area (Å²) in [5.41, 5.74) is 0.321. The molecular weight excluding hydrogens is 495 g/mol.